The van der Waals surface area contributed by atoms with Crippen LogP contribution in [0.5, 0.6) is 0 Å². The number of carbonyl (C=O) groups excluding carboxylic acids is 3. The Balaban J connectivity index is 1.37. The molecule has 4 rings (SSSR count). The van der Waals surface area contributed by atoms with Gasteiger partial charge in [-0.05, 0) is 49.1 Å². The first-order chi connectivity index (χ1) is 19.5. The molecule has 2 heterocycles. The van der Waals surface area contributed by atoms with Gasteiger partial charge in [-0.2, -0.15) is 8.78 Å². The first kappa shape index (κ1) is 31.2. The van der Waals surface area contributed by atoms with Crippen molar-refractivity contribution in [3.63, 3.8) is 0 Å². The molecule has 41 heavy (non-hydrogen) atoms. The Labute approximate surface area is 241 Å². The normalized spacial score (nSPS) is 18.1. The van der Waals surface area contributed by atoms with Crippen molar-refractivity contribution in [1.29, 1.82) is 0 Å². The fourth-order valence-corrected chi connectivity index (χ4v) is 5.98. The van der Waals surface area contributed by atoms with Gasteiger partial charge in [0.25, 0.3) is 5.91 Å². The summed E-state index contributed by atoms with van der Waals surface area (Å²) in [6.45, 7) is 3.49. The van der Waals surface area contributed by atoms with E-state index in [1.807, 2.05) is 11.0 Å². The smallest absolute Gasteiger partial charge is 0.346 e. The van der Waals surface area contributed by atoms with Crippen molar-refractivity contribution in [2.45, 2.75) is 58.3 Å². The van der Waals surface area contributed by atoms with Gasteiger partial charge >= 0.3 is 13.7 Å². The number of alkyl halides is 2. The second-order valence-corrected chi connectivity index (χ2v) is 11.6. The van der Waals surface area contributed by atoms with E-state index >= 15 is 0 Å². The molecule has 2 aliphatic heterocycles. The second kappa shape index (κ2) is 13.1. The molecule has 0 radical (unpaired) electrons. The van der Waals surface area contributed by atoms with Gasteiger partial charge in [0.2, 0.25) is 11.8 Å². The summed E-state index contributed by atoms with van der Waals surface area (Å²) < 4.78 is 57.2. The Morgan fingerprint density at radius 2 is 1.71 bits per heavy atom. The lowest BCUT2D eigenvalue weighted by atomic mass is 10.0. The number of rotatable bonds is 12. The van der Waals surface area contributed by atoms with Crippen LogP contribution in [0.1, 0.15) is 48.9 Å². The Morgan fingerprint density at radius 1 is 1.05 bits per heavy atom. The highest BCUT2D eigenvalue weighted by Gasteiger charge is 2.42. The van der Waals surface area contributed by atoms with Crippen molar-refractivity contribution in [2.24, 2.45) is 0 Å². The van der Waals surface area contributed by atoms with Gasteiger partial charge in [-0.15, -0.1) is 0 Å². The van der Waals surface area contributed by atoms with E-state index in [0.717, 1.165) is 28.2 Å². The van der Waals surface area contributed by atoms with Crippen LogP contribution in [0.2, 0.25) is 5.02 Å². The minimum Gasteiger partial charge on any atom is -0.346 e. The molecule has 1 atom stereocenters. The van der Waals surface area contributed by atoms with Gasteiger partial charge < -0.3 is 5.32 Å². The van der Waals surface area contributed by atoms with Crippen LogP contribution in [0.15, 0.2) is 42.5 Å². The number of likely N-dealkylation sites (tertiary alicyclic amines) is 1. The van der Waals surface area contributed by atoms with E-state index in [-0.39, 0.29) is 31.2 Å². The highest BCUT2D eigenvalue weighted by atomic mass is 35.5. The van der Waals surface area contributed by atoms with Crippen LogP contribution in [0.3, 0.4) is 0 Å². The minimum absolute atomic E-state index is 0.0598. The number of phosphoric acid groups is 1. The third-order valence-electron chi connectivity index (χ3n) is 6.81. The van der Waals surface area contributed by atoms with Crippen molar-refractivity contribution in [3.8, 4) is 0 Å². The average Bonchev–Trinajstić information content (AvgIpc) is 3.35. The quantitative estimate of drug-likeness (QED) is 0.270. The van der Waals surface area contributed by atoms with E-state index in [2.05, 4.69) is 5.32 Å². The first-order valence-electron chi connectivity index (χ1n) is 13.1. The molecule has 1 unspecified atom stereocenters. The van der Waals surface area contributed by atoms with Gasteiger partial charge in [-0.1, -0.05) is 41.9 Å². The number of halogens is 3. The molecule has 1 fully saturated rings. The Bertz CT molecular complexity index is 1330. The maximum absolute atomic E-state index is 14.6. The van der Waals surface area contributed by atoms with E-state index < -0.39 is 49.8 Å². The third-order valence-corrected chi connectivity index (χ3v) is 8.64. The number of piperidine rings is 1. The van der Waals surface area contributed by atoms with E-state index in [0.29, 0.717) is 25.1 Å². The van der Waals surface area contributed by atoms with Crippen LogP contribution in [0.4, 0.5) is 8.78 Å². The maximum Gasteiger partial charge on any atom is 0.476 e. The molecule has 2 aliphatic rings. The largest absolute Gasteiger partial charge is 0.476 e. The standard InChI is InChI=1S/C27H31ClF2N3O7P/c1-3-38-41(37,39-4-2)40-17-33-24(34)12-11-23(25(33)35)32-15-19-6-5-18(13-20(19)16-32)14-31-26(36)27(29,30)21-7-9-22(28)10-8-21/h5-10,13,23H,3-4,11-12,14-17H2,1-2H3,(H,31,36). The molecule has 10 nitrogen and oxygen atoms in total. The fourth-order valence-electron chi connectivity index (χ4n) is 4.74. The van der Waals surface area contributed by atoms with Crippen molar-refractivity contribution >= 4 is 37.1 Å². The molecule has 2 aromatic rings. The van der Waals surface area contributed by atoms with Gasteiger partial charge in [0.05, 0.1) is 19.3 Å². The number of phosphoric ester groups is 1. The van der Waals surface area contributed by atoms with Crippen molar-refractivity contribution in [3.05, 3.63) is 69.7 Å². The second-order valence-electron chi connectivity index (χ2n) is 9.53. The molecule has 3 amide bonds. The van der Waals surface area contributed by atoms with Crippen LogP contribution in [0, 0.1) is 0 Å². The molecule has 2 aromatic carbocycles. The Kier molecular flexibility index (Phi) is 9.94. The van der Waals surface area contributed by atoms with E-state index in [4.69, 9.17) is 25.2 Å². The molecule has 0 saturated carbocycles. The summed E-state index contributed by atoms with van der Waals surface area (Å²) >= 11 is 5.75. The van der Waals surface area contributed by atoms with Gasteiger partial charge in [0.1, 0.15) is 6.73 Å². The van der Waals surface area contributed by atoms with Gasteiger partial charge in [-0.3, -0.25) is 37.8 Å². The number of hydrogen-bond acceptors (Lipinski definition) is 8. The molecule has 1 N–H and O–H groups in total. The average molecular weight is 614 g/mol. The first-order valence-corrected chi connectivity index (χ1v) is 15.0. The zero-order valence-corrected chi connectivity index (χ0v) is 24.3. The number of fused-ring (bicyclic) bond motifs is 1. The summed E-state index contributed by atoms with van der Waals surface area (Å²) in [7, 11) is -3.92. The molecule has 0 aliphatic carbocycles. The van der Waals surface area contributed by atoms with E-state index in [1.165, 1.54) is 12.1 Å². The van der Waals surface area contributed by atoms with E-state index in [9.17, 15) is 27.7 Å². The van der Waals surface area contributed by atoms with Crippen LogP contribution >= 0.6 is 19.4 Å². The molecule has 0 bridgehead atoms. The zero-order chi connectivity index (χ0) is 29.8. The van der Waals surface area contributed by atoms with Crippen LogP contribution in [0.25, 0.3) is 0 Å². The van der Waals surface area contributed by atoms with Crippen LogP contribution < -0.4 is 5.32 Å². The molecule has 222 valence electrons. The summed E-state index contributed by atoms with van der Waals surface area (Å²) in [6.07, 6.45) is 0.402. The molecule has 0 aromatic heterocycles. The molecule has 1 saturated heterocycles. The van der Waals surface area contributed by atoms with Crippen LogP contribution in [-0.4, -0.2) is 53.5 Å². The van der Waals surface area contributed by atoms with Gasteiger partial charge in [0.15, 0.2) is 0 Å². The van der Waals surface area contributed by atoms with Crippen molar-refractivity contribution in [1.82, 2.24) is 15.1 Å². The number of nitrogens with one attached hydrogen (secondary N) is 1. The predicted molar refractivity (Wildman–Crippen MR) is 145 cm³/mol. The number of hydrogen-bond donors (Lipinski definition) is 1. The number of imide groups is 1. The summed E-state index contributed by atoms with van der Waals surface area (Å²) in [5.74, 6) is -6.09. The van der Waals surface area contributed by atoms with Crippen molar-refractivity contribution < 1.29 is 41.3 Å². The fraction of sp³-hybridized carbons (Fsp3) is 0.444. The third kappa shape index (κ3) is 7.20. The van der Waals surface area contributed by atoms with Gasteiger partial charge in [0, 0.05) is 36.6 Å². The zero-order valence-electron chi connectivity index (χ0n) is 22.6. The van der Waals surface area contributed by atoms with Crippen molar-refractivity contribution in [2.75, 3.05) is 19.9 Å². The summed E-state index contributed by atoms with van der Waals surface area (Å²) in [6, 6.07) is 9.54. The molecule has 14 heteroatoms. The van der Waals surface area contributed by atoms with E-state index in [1.54, 1.807) is 26.0 Å². The molecular weight excluding hydrogens is 583 g/mol. The lowest BCUT2D eigenvalue weighted by molar-refractivity contribution is -0.157. The number of benzene rings is 2. The highest BCUT2D eigenvalue weighted by molar-refractivity contribution is 7.48. The SMILES string of the molecule is CCOP(=O)(OCC)OCN1C(=O)CCC(N2Cc3ccc(CNC(=O)C(F)(F)c4ccc(Cl)cc4)cc3C2)C1=O. The molecular formula is C27H31ClF2N3O7P. The predicted octanol–water partition coefficient (Wildman–Crippen LogP) is 4.74. The molecule has 0 spiro atoms. The van der Waals surface area contributed by atoms with Gasteiger partial charge in [-0.25, -0.2) is 4.57 Å². The number of nitrogens with zero attached hydrogens (tertiary/aromatic N) is 2. The number of carbonyl (C=O) groups is 3. The highest BCUT2D eigenvalue weighted by Crippen LogP contribution is 2.49. The summed E-state index contributed by atoms with van der Waals surface area (Å²) in [4.78, 5) is 40.9. The Hall–Kier alpha value is -2.73. The maximum atomic E-state index is 14.6. The summed E-state index contributed by atoms with van der Waals surface area (Å²) in [5, 5.41) is 2.57. The Morgan fingerprint density at radius 3 is 2.37 bits per heavy atom. The lowest BCUT2D eigenvalue weighted by Crippen LogP contribution is -2.53. The summed E-state index contributed by atoms with van der Waals surface area (Å²) in [5.41, 5.74) is 1.98. The number of amides is 3. The minimum atomic E-state index is -3.92. The van der Waals surface area contributed by atoms with Crippen LogP contribution in [-0.2, 0) is 58.1 Å². The topological polar surface area (TPSA) is 114 Å². The monoisotopic (exact) mass is 613 g/mol. The lowest BCUT2D eigenvalue weighted by Gasteiger charge is -2.35.